The number of hydrogen-bond acceptors (Lipinski definition) is 3. The van der Waals surface area contributed by atoms with Gasteiger partial charge in [0.1, 0.15) is 0 Å². The molecule has 0 aliphatic carbocycles. The molecule has 1 aliphatic rings. The molecule has 5 heteroatoms. The number of nitrogens with zero attached hydrogens (tertiary/aromatic N) is 1. The molecule has 2 aromatic rings. The van der Waals surface area contributed by atoms with Crippen molar-refractivity contribution in [1.29, 1.82) is 0 Å². The van der Waals surface area contributed by atoms with Crippen molar-refractivity contribution in [2.75, 3.05) is 10.8 Å². The maximum absolute atomic E-state index is 12.9. The molecule has 0 fully saturated rings. The van der Waals surface area contributed by atoms with E-state index in [-0.39, 0.29) is 17.2 Å². The van der Waals surface area contributed by atoms with Crippen molar-refractivity contribution in [2.45, 2.75) is 11.8 Å². The Hall–Kier alpha value is -2.40. The van der Waals surface area contributed by atoms with E-state index in [1.807, 2.05) is 13.0 Å². The number of ketones is 1. The molecule has 0 saturated carbocycles. The van der Waals surface area contributed by atoms with Crippen LogP contribution in [0.4, 0.5) is 5.69 Å². The number of para-hydroxylation sites is 1. The largest absolute Gasteiger partial charge is 0.293 e. The molecule has 0 unspecified atom stereocenters. The standard InChI is InChI=1S/C17H15NO3S/c1-13-6-10-16(11-7-13)22(20,21)18-12-15(19)9-8-14-4-2-3-5-17(14)18/h2-11H,12H2,1H3. The molecule has 0 bridgehead atoms. The fourth-order valence-corrected chi connectivity index (χ4v) is 3.83. The molecular formula is C17H15NO3S. The first-order valence-electron chi connectivity index (χ1n) is 6.88. The molecule has 0 N–H and O–H groups in total. The highest BCUT2D eigenvalue weighted by Gasteiger charge is 2.28. The van der Waals surface area contributed by atoms with E-state index in [0.29, 0.717) is 11.3 Å². The van der Waals surface area contributed by atoms with Gasteiger partial charge >= 0.3 is 0 Å². The zero-order valence-electron chi connectivity index (χ0n) is 12.1. The van der Waals surface area contributed by atoms with Gasteiger partial charge in [-0.2, -0.15) is 0 Å². The van der Waals surface area contributed by atoms with Crippen LogP contribution in [0.2, 0.25) is 0 Å². The van der Waals surface area contributed by atoms with Crippen LogP contribution < -0.4 is 4.31 Å². The molecular weight excluding hydrogens is 298 g/mol. The Labute approximate surface area is 129 Å². The summed E-state index contributed by atoms with van der Waals surface area (Å²) in [7, 11) is -3.78. The predicted octanol–water partition coefficient (Wildman–Crippen LogP) is 2.79. The van der Waals surface area contributed by atoms with Gasteiger partial charge in [0.15, 0.2) is 5.78 Å². The van der Waals surface area contributed by atoms with E-state index in [9.17, 15) is 13.2 Å². The van der Waals surface area contributed by atoms with Gasteiger partial charge in [0.2, 0.25) is 0 Å². The van der Waals surface area contributed by atoms with Crippen molar-refractivity contribution < 1.29 is 13.2 Å². The van der Waals surface area contributed by atoms with Crippen molar-refractivity contribution in [3.63, 3.8) is 0 Å². The summed E-state index contributed by atoms with van der Waals surface area (Å²) < 4.78 is 27.0. The maximum Gasteiger partial charge on any atom is 0.264 e. The molecule has 0 radical (unpaired) electrons. The van der Waals surface area contributed by atoms with Gasteiger partial charge in [-0.15, -0.1) is 0 Å². The smallest absolute Gasteiger partial charge is 0.264 e. The summed E-state index contributed by atoms with van der Waals surface area (Å²) in [5.74, 6) is -0.244. The van der Waals surface area contributed by atoms with E-state index in [4.69, 9.17) is 0 Å². The van der Waals surface area contributed by atoms with Crippen molar-refractivity contribution in [3.05, 3.63) is 65.7 Å². The Bertz CT molecular complexity index is 852. The highest BCUT2D eigenvalue weighted by atomic mass is 32.2. The number of carbonyl (C=O) groups is 1. The summed E-state index contributed by atoms with van der Waals surface area (Å²) in [6.45, 7) is 1.70. The SMILES string of the molecule is Cc1ccc(S(=O)(=O)N2CC(=O)C=Cc3ccccc32)cc1. The molecule has 0 saturated heterocycles. The molecule has 1 heterocycles. The highest BCUT2D eigenvalue weighted by Crippen LogP contribution is 2.29. The third-order valence-electron chi connectivity index (χ3n) is 3.56. The number of rotatable bonds is 2. The molecule has 2 aromatic carbocycles. The fourth-order valence-electron chi connectivity index (χ4n) is 2.37. The van der Waals surface area contributed by atoms with Gasteiger partial charge in [-0.3, -0.25) is 9.10 Å². The summed E-state index contributed by atoms with van der Waals surface area (Å²) in [6.07, 6.45) is 3.08. The van der Waals surface area contributed by atoms with Crippen molar-refractivity contribution in [1.82, 2.24) is 0 Å². The van der Waals surface area contributed by atoms with Gasteiger partial charge in [0.25, 0.3) is 10.0 Å². The average molecular weight is 313 g/mol. The first kappa shape index (κ1) is 14.5. The fraction of sp³-hybridized carbons (Fsp3) is 0.118. The third kappa shape index (κ3) is 2.55. The molecule has 22 heavy (non-hydrogen) atoms. The third-order valence-corrected chi connectivity index (χ3v) is 5.34. The van der Waals surface area contributed by atoms with Crippen LogP contribution in [0.5, 0.6) is 0 Å². The van der Waals surface area contributed by atoms with Crippen LogP contribution in [0.3, 0.4) is 0 Å². The van der Waals surface area contributed by atoms with Gasteiger partial charge in [-0.05, 0) is 42.8 Å². The van der Waals surface area contributed by atoms with Gasteiger partial charge < -0.3 is 0 Å². The van der Waals surface area contributed by atoms with Gasteiger partial charge in [-0.25, -0.2) is 8.42 Å². The molecule has 0 amide bonds. The van der Waals surface area contributed by atoms with Crippen LogP contribution in [-0.4, -0.2) is 20.7 Å². The number of aryl methyl sites for hydroxylation is 1. The second kappa shape index (κ2) is 5.42. The number of fused-ring (bicyclic) bond motifs is 1. The normalized spacial score (nSPS) is 14.6. The zero-order chi connectivity index (χ0) is 15.7. The van der Waals surface area contributed by atoms with Crippen LogP contribution in [0, 0.1) is 6.92 Å². The molecule has 4 nitrogen and oxygen atoms in total. The Kier molecular flexibility index (Phi) is 3.58. The molecule has 1 aliphatic heterocycles. The van der Waals surface area contributed by atoms with Crippen molar-refractivity contribution >= 4 is 27.6 Å². The van der Waals surface area contributed by atoms with Crippen molar-refractivity contribution in [3.8, 4) is 0 Å². The monoisotopic (exact) mass is 313 g/mol. The van der Waals surface area contributed by atoms with Crippen LogP contribution in [0.15, 0.2) is 59.5 Å². The van der Waals surface area contributed by atoms with Crippen molar-refractivity contribution in [2.24, 2.45) is 0 Å². The minimum Gasteiger partial charge on any atom is -0.293 e. The number of hydrogen-bond donors (Lipinski definition) is 0. The molecule has 3 rings (SSSR count). The predicted molar refractivity (Wildman–Crippen MR) is 86.2 cm³/mol. The molecule has 0 atom stereocenters. The molecule has 112 valence electrons. The number of anilines is 1. The summed E-state index contributed by atoms with van der Waals surface area (Å²) >= 11 is 0. The minimum atomic E-state index is -3.78. The van der Waals surface area contributed by atoms with Gasteiger partial charge in [-0.1, -0.05) is 35.9 Å². The Morgan fingerprint density at radius 1 is 0.955 bits per heavy atom. The first-order valence-corrected chi connectivity index (χ1v) is 8.32. The van der Waals surface area contributed by atoms with E-state index < -0.39 is 10.0 Å². The Balaban J connectivity index is 2.14. The topological polar surface area (TPSA) is 54.5 Å². The lowest BCUT2D eigenvalue weighted by molar-refractivity contribution is -0.113. The first-order chi connectivity index (χ1) is 10.5. The second-order valence-electron chi connectivity index (χ2n) is 5.18. The van der Waals surface area contributed by atoms with Crippen LogP contribution in [0.25, 0.3) is 6.08 Å². The number of benzene rings is 2. The van der Waals surface area contributed by atoms with E-state index in [2.05, 4.69) is 0 Å². The van der Waals surface area contributed by atoms with Crippen LogP contribution in [-0.2, 0) is 14.8 Å². The quantitative estimate of drug-likeness (QED) is 0.856. The maximum atomic E-state index is 12.9. The van der Waals surface area contributed by atoms with E-state index in [0.717, 1.165) is 5.56 Å². The van der Waals surface area contributed by atoms with Crippen LogP contribution >= 0.6 is 0 Å². The lowest BCUT2D eigenvalue weighted by atomic mass is 10.2. The minimum absolute atomic E-state index is 0.183. The Morgan fingerprint density at radius 2 is 1.64 bits per heavy atom. The summed E-state index contributed by atoms with van der Waals surface area (Å²) in [4.78, 5) is 12.1. The molecule has 0 aromatic heterocycles. The Morgan fingerprint density at radius 3 is 2.36 bits per heavy atom. The lowest BCUT2D eigenvalue weighted by Crippen LogP contribution is -2.35. The second-order valence-corrected chi connectivity index (χ2v) is 7.05. The zero-order valence-corrected chi connectivity index (χ0v) is 12.9. The number of carbonyl (C=O) groups excluding carboxylic acids is 1. The van der Waals surface area contributed by atoms with E-state index in [1.54, 1.807) is 48.5 Å². The molecule has 0 spiro atoms. The van der Waals surface area contributed by atoms with E-state index in [1.165, 1.54) is 10.4 Å². The van der Waals surface area contributed by atoms with E-state index >= 15 is 0 Å². The highest BCUT2D eigenvalue weighted by molar-refractivity contribution is 7.92. The summed E-state index contributed by atoms with van der Waals surface area (Å²) in [6, 6.07) is 13.7. The summed E-state index contributed by atoms with van der Waals surface area (Å²) in [5.41, 5.74) is 2.21. The number of sulfonamides is 1. The summed E-state index contributed by atoms with van der Waals surface area (Å²) in [5, 5.41) is 0. The average Bonchev–Trinajstić information content (AvgIpc) is 2.68. The van der Waals surface area contributed by atoms with Crippen LogP contribution in [0.1, 0.15) is 11.1 Å². The van der Waals surface area contributed by atoms with Gasteiger partial charge in [0.05, 0.1) is 17.1 Å². The lowest BCUT2D eigenvalue weighted by Gasteiger charge is -2.23. The van der Waals surface area contributed by atoms with Gasteiger partial charge in [0, 0.05) is 0 Å².